The fourth-order valence-corrected chi connectivity index (χ4v) is 3.26. The zero-order chi connectivity index (χ0) is 13.5. The van der Waals surface area contributed by atoms with Crippen LogP contribution in [0, 0.1) is 5.92 Å². The van der Waals surface area contributed by atoms with Gasteiger partial charge in [0.1, 0.15) is 6.10 Å². The van der Waals surface area contributed by atoms with Crippen LogP contribution in [0.15, 0.2) is 0 Å². The number of carbonyl (C=O) groups is 1. The van der Waals surface area contributed by atoms with Crippen LogP contribution in [0.2, 0.25) is 0 Å². The number of aliphatic hydroxyl groups excluding tert-OH is 1. The van der Waals surface area contributed by atoms with Gasteiger partial charge in [0.25, 0.3) is 0 Å². The number of aliphatic hydroxyl groups is 1. The first kappa shape index (κ1) is 14.8. The van der Waals surface area contributed by atoms with E-state index in [9.17, 15) is 9.90 Å². The summed E-state index contributed by atoms with van der Waals surface area (Å²) in [5.74, 6) is 0.567. The van der Waals surface area contributed by atoms with Crippen LogP contribution in [0.5, 0.6) is 0 Å². The van der Waals surface area contributed by atoms with Gasteiger partial charge in [-0.25, -0.2) is 0 Å². The summed E-state index contributed by atoms with van der Waals surface area (Å²) in [5, 5.41) is 16.2. The average Bonchev–Trinajstić information content (AvgIpc) is 2.47. The fourth-order valence-electron chi connectivity index (χ4n) is 3.26. The van der Waals surface area contributed by atoms with E-state index in [0.717, 1.165) is 38.3 Å². The molecule has 0 spiro atoms. The fraction of sp³-hybridized carbons (Fsp3) is 0.933. The van der Waals surface area contributed by atoms with Gasteiger partial charge in [-0.1, -0.05) is 32.1 Å². The minimum atomic E-state index is -0.809. The molecule has 0 bridgehead atoms. The molecule has 19 heavy (non-hydrogen) atoms. The third-order valence-corrected chi connectivity index (χ3v) is 4.56. The van der Waals surface area contributed by atoms with E-state index in [4.69, 9.17) is 0 Å². The van der Waals surface area contributed by atoms with Gasteiger partial charge in [-0.15, -0.1) is 0 Å². The van der Waals surface area contributed by atoms with Crippen molar-refractivity contribution in [3.05, 3.63) is 0 Å². The van der Waals surface area contributed by atoms with Gasteiger partial charge in [-0.3, -0.25) is 4.79 Å². The van der Waals surface area contributed by atoms with Crippen molar-refractivity contribution in [1.29, 1.82) is 0 Å². The number of rotatable bonds is 5. The number of amides is 1. The molecule has 0 aromatic carbocycles. The van der Waals surface area contributed by atoms with Gasteiger partial charge >= 0.3 is 0 Å². The summed E-state index contributed by atoms with van der Waals surface area (Å²) >= 11 is 0. The van der Waals surface area contributed by atoms with Crippen LogP contribution >= 0.6 is 0 Å². The van der Waals surface area contributed by atoms with Crippen molar-refractivity contribution in [2.24, 2.45) is 5.92 Å². The van der Waals surface area contributed by atoms with Crippen LogP contribution in [0.4, 0.5) is 0 Å². The number of nitrogens with one attached hydrogen (secondary N) is 2. The molecule has 0 aromatic rings. The molecule has 2 aliphatic rings. The van der Waals surface area contributed by atoms with E-state index in [1.165, 1.54) is 32.1 Å². The second-order valence-electron chi connectivity index (χ2n) is 6.13. The second-order valence-corrected chi connectivity index (χ2v) is 6.13. The number of hydrogen-bond donors (Lipinski definition) is 3. The molecule has 110 valence electrons. The first-order chi connectivity index (χ1) is 9.25. The highest BCUT2D eigenvalue weighted by molar-refractivity contribution is 5.80. The van der Waals surface area contributed by atoms with Crippen molar-refractivity contribution in [3.8, 4) is 0 Å². The van der Waals surface area contributed by atoms with Crippen molar-refractivity contribution in [2.45, 2.75) is 69.9 Å². The number of piperidine rings is 1. The summed E-state index contributed by atoms with van der Waals surface area (Å²) in [5.41, 5.74) is 0. The zero-order valence-electron chi connectivity index (χ0n) is 11.9. The van der Waals surface area contributed by atoms with Crippen LogP contribution in [0.25, 0.3) is 0 Å². The molecule has 1 unspecified atom stereocenters. The van der Waals surface area contributed by atoms with E-state index in [1.807, 2.05) is 0 Å². The zero-order valence-corrected chi connectivity index (χ0v) is 11.9. The van der Waals surface area contributed by atoms with Crippen LogP contribution in [-0.4, -0.2) is 36.2 Å². The van der Waals surface area contributed by atoms with E-state index >= 15 is 0 Å². The van der Waals surface area contributed by atoms with Crippen LogP contribution in [-0.2, 0) is 4.79 Å². The summed E-state index contributed by atoms with van der Waals surface area (Å²) in [7, 11) is 0. The maximum atomic E-state index is 11.9. The Balaban J connectivity index is 1.63. The predicted octanol–water partition coefficient (Wildman–Crippen LogP) is 1.58. The van der Waals surface area contributed by atoms with Crippen molar-refractivity contribution >= 4 is 5.91 Å². The molecular formula is C15H28N2O2. The molecule has 0 radical (unpaired) electrons. The van der Waals surface area contributed by atoms with Crippen LogP contribution in [0.3, 0.4) is 0 Å². The maximum Gasteiger partial charge on any atom is 0.249 e. The molecule has 0 aromatic heterocycles. The minimum absolute atomic E-state index is 0.164. The quantitative estimate of drug-likeness (QED) is 0.709. The molecule has 2 rings (SSSR count). The van der Waals surface area contributed by atoms with Crippen molar-refractivity contribution < 1.29 is 9.90 Å². The Labute approximate surface area is 116 Å². The topological polar surface area (TPSA) is 61.4 Å². The molecule has 1 aliphatic heterocycles. The Bertz CT molecular complexity index is 271. The van der Waals surface area contributed by atoms with E-state index in [-0.39, 0.29) is 11.9 Å². The smallest absolute Gasteiger partial charge is 0.249 e. The predicted molar refractivity (Wildman–Crippen MR) is 75.9 cm³/mol. The van der Waals surface area contributed by atoms with Crippen LogP contribution < -0.4 is 10.6 Å². The summed E-state index contributed by atoms with van der Waals surface area (Å²) in [6, 6.07) is 0.248. The van der Waals surface area contributed by atoms with Crippen molar-refractivity contribution in [3.63, 3.8) is 0 Å². The second kappa shape index (κ2) is 7.85. The Hall–Kier alpha value is -0.610. The first-order valence-corrected chi connectivity index (χ1v) is 7.95. The monoisotopic (exact) mass is 268 g/mol. The molecule has 1 saturated heterocycles. The van der Waals surface area contributed by atoms with Crippen molar-refractivity contribution in [1.82, 2.24) is 10.6 Å². The standard InChI is InChI=1S/C15H28N2O2/c18-14(7-6-12-4-2-1-3-5-12)15(19)17-13-8-10-16-11-9-13/h12-14,16,18H,1-11H2,(H,17,19). The molecule has 3 N–H and O–H groups in total. The van der Waals surface area contributed by atoms with Gasteiger partial charge in [0.05, 0.1) is 0 Å². The van der Waals surface area contributed by atoms with Gasteiger partial charge in [0.2, 0.25) is 5.91 Å². The number of hydrogen-bond acceptors (Lipinski definition) is 3. The lowest BCUT2D eigenvalue weighted by Gasteiger charge is -2.26. The summed E-state index contributed by atoms with van der Waals surface area (Å²) in [6.45, 7) is 1.92. The molecule has 1 heterocycles. The Morgan fingerprint density at radius 3 is 2.53 bits per heavy atom. The van der Waals surface area contributed by atoms with E-state index in [1.54, 1.807) is 0 Å². The van der Waals surface area contributed by atoms with Gasteiger partial charge in [0, 0.05) is 6.04 Å². The lowest BCUT2D eigenvalue weighted by atomic mass is 9.85. The average molecular weight is 268 g/mol. The normalized spacial score (nSPS) is 24.1. The molecular weight excluding hydrogens is 240 g/mol. The Kier molecular flexibility index (Phi) is 6.11. The highest BCUT2D eigenvalue weighted by Gasteiger charge is 2.22. The largest absolute Gasteiger partial charge is 0.383 e. The Morgan fingerprint density at radius 1 is 1.16 bits per heavy atom. The maximum absolute atomic E-state index is 11.9. The van der Waals surface area contributed by atoms with Gasteiger partial charge in [-0.2, -0.15) is 0 Å². The first-order valence-electron chi connectivity index (χ1n) is 7.95. The molecule has 2 fully saturated rings. The van der Waals surface area contributed by atoms with Crippen LogP contribution in [0.1, 0.15) is 57.8 Å². The summed E-state index contributed by atoms with van der Waals surface area (Å²) in [6.07, 6.45) is 9.33. The Morgan fingerprint density at radius 2 is 1.84 bits per heavy atom. The molecule has 1 amide bonds. The third-order valence-electron chi connectivity index (χ3n) is 4.56. The van der Waals surface area contributed by atoms with Crippen molar-refractivity contribution in [2.75, 3.05) is 13.1 Å². The minimum Gasteiger partial charge on any atom is -0.383 e. The third kappa shape index (κ3) is 5.11. The highest BCUT2D eigenvalue weighted by atomic mass is 16.3. The molecule has 1 saturated carbocycles. The van der Waals surface area contributed by atoms with Gasteiger partial charge < -0.3 is 15.7 Å². The van der Waals surface area contributed by atoms with E-state index in [2.05, 4.69) is 10.6 Å². The van der Waals surface area contributed by atoms with E-state index in [0.29, 0.717) is 6.42 Å². The van der Waals surface area contributed by atoms with E-state index < -0.39 is 6.10 Å². The molecule has 1 aliphatic carbocycles. The van der Waals surface area contributed by atoms with Gasteiger partial charge in [-0.05, 0) is 44.7 Å². The highest BCUT2D eigenvalue weighted by Crippen LogP contribution is 2.27. The summed E-state index contributed by atoms with van der Waals surface area (Å²) < 4.78 is 0. The lowest BCUT2D eigenvalue weighted by Crippen LogP contribution is -2.46. The lowest BCUT2D eigenvalue weighted by molar-refractivity contribution is -0.130. The summed E-state index contributed by atoms with van der Waals surface area (Å²) in [4.78, 5) is 11.9. The molecule has 1 atom stereocenters. The molecule has 4 heteroatoms. The molecule has 4 nitrogen and oxygen atoms in total. The van der Waals surface area contributed by atoms with Gasteiger partial charge in [0.15, 0.2) is 0 Å². The SMILES string of the molecule is O=C(NC1CCNCC1)C(O)CCC1CCCCC1. The number of carbonyl (C=O) groups excluding carboxylic acids is 1.